The van der Waals surface area contributed by atoms with Crippen LogP contribution in [0.15, 0.2) is 35.6 Å². The zero-order valence-electron chi connectivity index (χ0n) is 9.71. The number of rotatable bonds is 5. The summed E-state index contributed by atoms with van der Waals surface area (Å²) >= 11 is 0. The van der Waals surface area contributed by atoms with E-state index in [1.807, 2.05) is 6.92 Å². The van der Waals surface area contributed by atoms with Crippen molar-refractivity contribution in [2.75, 3.05) is 16.6 Å². The summed E-state index contributed by atoms with van der Waals surface area (Å²) in [7, 11) is -3.65. The predicted octanol–water partition coefficient (Wildman–Crippen LogP) is 1.04. The van der Waals surface area contributed by atoms with Crippen LogP contribution in [0.25, 0.3) is 0 Å². The van der Waals surface area contributed by atoms with E-state index in [1.54, 1.807) is 0 Å². The number of sulfonamides is 1. The van der Waals surface area contributed by atoms with E-state index in [-0.39, 0.29) is 10.8 Å². The average Bonchev–Trinajstić information content (AvgIpc) is 2.82. The van der Waals surface area contributed by atoms with Crippen molar-refractivity contribution in [1.29, 1.82) is 0 Å². The zero-order valence-corrected chi connectivity index (χ0v) is 10.5. The molecular weight excluding hydrogens is 254 g/mol. The van der Waals surface area contributed by atoms with Gasteiger partial charge in [-0.1, -0.05) is 0 Å². The molecule has 0 fully saturated rings. The van der Waals surface area contributed by atoms with Gasteiger partial charge < -0.3 is 10.3 Å². The van der Waals surface area contributed by atoms with Crippen molar-refractivity contribution >= 4 is 21.8 Å². The molecule has 0 radical (unpaired) electrons. The van der Waals surface area contributed by atoms with Gasteiger partial charge in [-0.05, 0) is 13.0 Å². The standard InChI is InChI=1S/C10H13N5O2S/c1-2-11-9-7-8(3-4-12-9)18(16,17)15-10-13-5-6-14-10/h3-7H,2H2,1H3,(H,11,12)(H2,13,14,15). The zero-order chi connectivity index (χ0) is 13.0. The van der Waals surface area contributed by atoms with E-state index in [4.69, 9.17) is 0 Å². The van der Waals surface area contributed by atoms with Gasteiger partial charge in [0.25, 0.3) is 10.0 Å². The highest BCUT2D eigenvalue weighted by Crippen LogP contribution is 2.15. The van der Waals surface area contributed by atoms with Crippen LogP contribution in [-0.2, 0) is 10.0 Å². The lowest BCUT2D eigenvalue weighted by Crippen LogP contribution is -2.14. The molecule has 0 spiro atoms. The maximum Gasteiger partial charge on any atom is 0.264 e. The van der Waals surface area contributed by atoms with Gasteiger partial charge in [-0.3, -0.25) is 0 Å². The first-order valence-electron chi connectivity index (χ1n) is 5.34. The van der Waals surface area contributed by atoms with E-state index < -0.39 is 10.0 Å². The van der Waals surface area contributed by atoms with E-state index in [0.717, 1.165) is 0 Å². The summed E-state index contributed by atoms with van der Waals surface area (Å²) in [5.41, 5.74) is 0. The summed E-state index contributed by atoms with van der Waals surface area (Å²) in [6.07, 6.45) is 4.44. The van der Waals surface area contributed by atoms with Crippen LogP contribution in [-0.4, -0.2) is 29.9 Å². The summed E-state index contributed by atoms with van der Waals surface area (Å²) in [6.45, 7) is 2.58. The number of hydrogen-bond acceptors (Lipinski definition) is 5. The van der Waals surface area contributed by atoms with Crippen molar-refractivity contribution in [2.24, 2.45) is 0 Å². The van der Waals surface area contributed by atoms with Crippen molar-refractivity contribution in [3.63, 3.8) is 0 Å². The minimum absolute atomic E-state index is 0.129. The molecule has 0 bridgehead atoms. The Morgan fingerprint density at radius 2 is 2.17 bits per heavy atom. The third-order valence-electron chi connectivity index (χ3n) is 2.13. The highest BCUT2D eigenvalue weighted by Gasteiger charge is 2.15. The Labute approximate surface area is 105 Å². The lowest BCUT2D eigenvalue weighted by molar-refractivity contribution is 0.600. The monoisotopic (exact) mass is 267 g/mol. The van der Waals surface area contributed by atoms with Crippen LogP contribution in [0.2, 0.25) is 0 Å². The molecule has 0 saturated heterocycles. The van der Waals surface area contributed by atoms with Crippen LogP contribution >= 0.6 is 0 Å². The number of aromatic amines is 1. The van der Waals surface area contributed by atoms with Gasteiger partial charge in [-0.25, -0.2) is 23.1 Å². The predicted molar refractivity (Wildman–Crippen MR) is 67.8 cm³/mol. The maximum absolute atomic E-state index is 12.0. The lowest BCUT2D eigenvalue weighted by Gasteiger charge is -2.07. The maximum atomic E-state index is 12.0. The second-order valence-corrected chi connectivity index (χ2v) is 5.13. The third-order valence-corrected chi connectivity index (χ3v) is 3.47. The van der Waals surface area contributed by atoms with Gasteiger partial charge in [0.1, 0.15) is 5.82 Å². The molecule has 2 heterocycles. The molecule has 0 aromatic carbocycles. The van der Waals surface area contributed by atoms with Gasteiger partial charge in [0.2, 0.25) is 5.95 Å². The number of H-pyrrole nitrogens is 1. The Bertz CT molecular complexity index is 609. The Balaban J connectivity index is 2.26. The molecule has 0 amide bonds. The molecule has 96 valence electrons. The summed E-state index contributed by atoms with van der Waals surface area (Å²) < 4.78 is 26.4. The fourth-order valence-corrected chi connectivity index (χ4v) is 2.35. The van der Waals surface area contributed by atoms with Gasteiger partial charge in [-0.2, -0.15) is 0 Å². The third kappa shape index (κ3) is 2.77. The van der Waals surface area contributed by atoms with Crippen LogP contribution in [0.3, 0.4) is 0 Å². The first kappa shape index (κ1) is 12.4. The van der Waals surface area contributed by atoms with Gasteiger partial charge in [0, 0.05) is 31.2 Å². The minimum atomic E-state index is -3.65. The van der Waals surface area contributed by atoms with Crippen LogP contribution in [0, 0.1) is 0 Å². The van der Waals surface area contributed by atoms with Gasteiger partial charge in [-0.15, -0.1) is 0 Å². The van der Waals surface area contributed by atoms with Crippen LogP contribution in [0.1, 0.15) is 6.92 Å². The smallest absolute Gasteiger partial charge is 0.264 e. The molecule has 0 aliphatic carbocycles. The highest BCUT2D eigenvalue weighted by atomic mass is 32.2. The first-order chi connectivity index (χ1) is 8.62. The number of aromatic nitrogens is 3. The molecule has 2 rings (SSSR count). The molecule has 0 unspecified atom stereocenters. The summed E-state index contributed by atoms with van der Waals surface area (Å²) in [5.74, 6) is 0.691. The van der Waals surface area contributed by atoms with E-state index in [9.17, 15) is 8.42 Å². The van der Waals surface area contributed by atoms with E-state index in [2.05, 4.69) is 25.0 Å². The summed E-state index contributed by atoms with van der Waals surface area (Å²) in [4.78, 5) is 10.6. The van der Waals surface area contributed by atoms with Gasteiger partial charge in [0.15, 0.2) is 0 Å². The van der Waals surface area contributed by atoms with Crippen molar-refractivity contribution in [2.45, 2.75) is 11.8 Å². The molecule has 0 aliphatic rings. The molecule has 0 saturated carbocycles. The Morgan fingerprint density at radius 1 is 1.33 bits per heavy atom. The van der Waals surface area contributed by atoms with Crippen molar-refractivity contribution in [3.05, 3.63) is 30.7 Å². The molecule has 0 aliphatic heterocycles. The van der Waals surface area contributed by atoms with Crippen molar-refractivity contribution in [3.8, 4) is 0 Å². The normalized spacial score (nSPS) is 11.2. The minimum Gasteiger partial charge on any atom is -0.370 e. The average molecular weight is 267 g/mol. The molecule has 2 aromatic rings. The number of pyridine rings is 1. The second kappa shape index (κ2) is 5.05. The van der Waals surface area contributed by atoms with Gasteiger partial charge >= 0.3 is 0 Å². The van der Waals surface area contributed by atoms with Crippen LogP contribution in [0.4, 0.5) is 11.8 Å². The first-order valence-corrected chi connectivity index (χ1v) is 6.82. The Hall–Kier alpha value is -2.09. The van der Waals surface area contributed by atoms with Crippen LogP contribution in [0.5, 0.6) is 0 Å². The SMILES string of the molecule is CCNc1cc(S(=O)(=O)Nc2ncc[nH]2)ccn1. The van der Waals surface area contributed by atoms with E-state index >= 15 is 0 Å². The quantitative estimate of drug-likeness (QED) is 0.751. The fourth-order valence-electron chi connectivity index (χ4n) is 1.36. The number of anilines is 2. The number of nitrogens with zero attached hydrogens (tertiary/aromatic N) is 2. The van der Waals surface area contributed by atoms with E-state index in [0.29, 0.717) is 12.4 Å². The second-order valence-electron chi connectivity index (χ2n) is 3.45. The number of imidazole rings is 1. The van der Waals surface area contributed by atoms with Crippen molar-refractivity contribution in [1.82, 2.24) is 15.0 Å². The summed E-state index contributed by atoms with van der Waals surface area (Å²) in [5, 5.41) is 2.95. The molecule has 18 heavy (non-hydrogen) atoms. The largest absolute Gasteiger partial charge is 0.370 e. The van der Waals surface area contributed by atoms with Crippen molar-refractivity contribution < 1.29 is 8.42 Å². The molecule has 8 heteroatoms. The van der Waals surface area contributed by atoms with E-state index in [1.165, 1.54) is 30.7 Å². The molecule has 3 N–H and O–H groups in total. The highest BCUT2D eigenvalue weighted by molar-refractivity contribution is 7.92. The summed E-state index contributed by atoms with van der Waals surface area (Å²) in [6, 6.07) is 2.89. The van der Waals surface area contributed by atoms with Crippen LogP contribution < -0.4 is 10.0 Å². The molecular formula is C10H13N5O2S. The lowest BCUT2D eigenvalue weighted by atomic mass is 10.4. The molecule has 2 aromatic heterocycles. The molecule has 0 atom stereocenters. The number of nitrogens with one attached hydrogen (secondary N) is 3. The number of hydrogen-bond donors (Lipinski definition) is 3. The Kier molecular flexibility index (Phi) is 3.47. The fraction of sp³-hybridized carbons (Fsp3) is 0.200. The van der Waals surface area contributed by atoms with Gasteiger partial charge in [0.05, 0.1) is 4.90 Å². The topological polar surface area (TPSA) is 99.8 Å². The molecule has 7 nitrogen and oxygen atoms in total. The Morgan fingerprint density at radius 3 is 2.83 bits per heavy atom.